The van der Waals surface area contributed by atoms with E-state index in [1.807, 2.05) is 85.8 Å². The van der Waals surface area contributed by atoms with E-state index in [0.717, 1.165) is 32.9 Å². The summed E-state index contributed by atoms with van der Waals surface area (Å²) in [5.74, 6) is 1.47. The smallest absolute Gasteiger partial charge is 0.200 e. The molecule has 4 heteroatoms. The molecule has 3 aromatic rings. The van der Waals surface area contributed by atoms with Gasteiger partial charge in [-0.3, -0.25) is 4.79 Å². The van der Waals surface area contributed by atoms with Crippen LogP contribution in [0.2, 0.25) is 0 Å². The SMILES string of the molecule is C=CCc1cc(/C=C2/Sc3ccccc3C2=O)cc(OCC)c1OCc1ccccc1. The standard InChI is InChI=1S/C27H24O3S/c1-3-10-21-15-20(17-25-26(28)22-13-8-9-14-24(22)31-25)16-23(29-4-2)27(21)30-18-19-11-6-5-7-12-19/h3,5-9,11-17H,1,4,10,18H2,2H3/b25-17+. The number of rotatable bonds is 8. The summed E-state index contributed by atoms with van der Waals surface area (Å²) < 4.78 is 12.1. The summed E-state index contributed by atoms with van der Waals surface area (Å²) in [5.41, 5.74) is 3.75. The zero-order chi connectivity index (χ0) is 21.6. The largest absolute Gasteiger partial charge is 0.490 e. The molecule has 0 fully saturated rings. The van der Waals surface area contributed by atoms with Crippen LogP contribution in [0.3, 0.4) is 0 Å². The molecule has 3 aromatic carbocycles. The van der Waals surface area contributed by atoms with Gasteiger partial charge in [0.25, 0.3) is 0 Å². The zero-order valence-corrected chi connectivity index (χ0v) is 18.3. The quantitative estimate of drug-likeness (QED) is 0.295. The molecule has 0 atom stereocenters. The fourth-order valence-corrected chi connectivity index (χ4v) is 4.57. The van der Waals surface area contributed by atoms with Crippen LogP contribution in [0.15, 0.2) is 89.2 Å². The van der Waals surface area contributed by atoms with Crippen molar-refractivity contribution in [3.8, 4) is 11.5 Å². The van der Waals surface area contributed by atoms with Crippen molar-refractivity contribution in [3.05, 3.63) is 107 Å². The third-order valence-electron chi connectivity index (χ3n) is 4.92. The minimum absolute atomic E-state index is 0.0632. The molecule has 0 N–H and O–H groups in total. The number of Topliss-reactive ketones (excluding diaryl/α,β-unsaturated/α-hetero) is 1. The number of hydrogen-bond donors (Lipinski definition) is 0. The fourth-order valence-electron chi connectivity index (χ4n) is 3.52. The molecule has 0 bridgehead atoms. The van der Waals surface area contributed by atoms with Gasteiger partial charge in [0, 0.05) is 16.0 Å². The second kappa shape index (κ2) is 9.71. The first-order chi connectivity index (χ1) is 15.2. The molecule has 0 amide bonds. The van der Waals surface area contributed by atoms with Crippen LogP contribution in [0.4, 0.5) is 0 Å². The predicted molar refractivity (Wildman–Crippen MR) is 127 cm³/mol. The number of hydrogen-bond acceptors (Lipinski definition) is 4. The van der Waals surface area contributed by atoms with Crippen LogP contribution in [0.5, 0.6) is 11.5 Å². The average molecular weight is 429 g/mol. The van der Waals surface area contributed by atoms with E-state index < -0.39 is 0 Å². The van der Waals surface area contributed by atoms with E-state index in [9.17, 15) is 4.79 Å². The van der Waals surface area contributed by atoms with Gasteiger partial charge < -0.3 is 9.47 Å². The summed E-state index contributed by atoms with van der Waals surface area (Å²) in [4.78, 5) is 14.5. The summed E-state index contributed by atoms with van der Waals surface area (Å²) in [6.45, 7) is 6.82. The number of carbonyl (C=O) groups is 1. The lowest BCUT2D eigenvalue weighted by molar-refractivity contribution is 0.104. The van der Waals surface area contributed by atoms with Crippen LogP contribution in [0.1, 0.15) is 34.0 Å². The Morgan fingerprint density at radius 1 is 1.00 bits per heavy atom. The molecule has 0 aliphatic carbocycles. The molecule has 0 unspecified atom stereocenters. The Morgan fingerprint density at radius 2 is 1.77 bits per heavy atom. The van der Waals surface area contributed by atoms with Crippen molar-refractivity contribution in [1.29, 1.82) is 0 Å². The van der Waals surface area contributed by atoms with Gasteiger partial charge in [0.1, 0.15) is 6.61 Å². The normalized spacial score (nSPS) is 13.8. The van der Waals surface area contributed by atoms with Crippen molar-refractivity contribution in [2.45, 2.75) is 24.8 Å². The van der Waals surface area contributed by atoms with E-state index in [1.165, 1.54) is 11.8 Å². The van der Waals surface area contributed by atoms with Gasteiger partial charge in [-0.05, 0) is 54.8 Å². The lowest BCUT2D eigenvalue weighted by atomic mass is 10.0. The molecule has 0 spiro atoms. The second-order valence-electron chi connectivity index (χ2n) is 7.14. The Bertz CT molecular complexity index is 1130. The molecule has 0 saturated carbocycles. The van der Waals surface area contributed by atoms with Crippen molar-refractivity contribution >= 4 is 23.6 Å². The lowest BCUT2D eigenvalue weighted by Gasteiger charge is -2.17. The summed E-state index contributed by atoms with van der Waals surface area (Å²) in [6, 6.07) is 21.8. The van der Waals surface area contributed by atoms with Gasteiger partial charge in [-0.15, -0.1) is 6.58 Å². The van der Waals surface area contributed by atoms with Gasteiger partial charge in [-0.2, -0.15) is 0 Å². The van der Waals surface area contributed by atoms with Crippen LogP contribution in [-0.4, -0.2) is 12.4 Å². The number of ketones is 1. The van der Waals surface area contributed by atoms with Crippen LogP contribution in [0.25, 0.3) is 6.08 Å². The first kappa shape index (κ1) is 21.0. The Labute approximate surface area is 187 Å². The molecule has 0 aromatic heterocycles. The number of carbonyl (C=O) groups excluding carboxylic acids is 1. The number of fused-ring (bicyclic) bond motifs is 1. The van der Waals surface area contributed by atoms with Gasteiger partial charge in [-0.1, -0.05) is 60.3 Å². The van der Waals surface area contributed by atoms with Crippen LogP contribution in [-0.2, 0) is 13.0 Å². The summed E-state index contributed by atoms with van der Waals surface area (Å²) >= 11 is 1.51. The molecule has 31 heavy (non-hydrogen) atoms. The van der Waals surface area contributed by atoms with E-state index in [2.05, 4.69) is 6.58 Å². The van der Waals surface area contributed by atoms with Crippen molar-refractivity contribution in [2.75, 3.05) is 6.61 Å². The van der Waals surface area contributed by atoms with Gasteiger partial charge in [-0.25, -0.2) is 0 Å². The predicted octanol–water partition coefficient (Wildman–Crippen LogP) is 6.72. The first-order valence-corrected chi connectivity index (χ1v) is 11.1. The molecule has 1 aliphatic rings. The third-order valence-corrected chi connectivity index (χ3v) is 6.02. The molecular weight excluding hydrogens is 404 g/mol. The topological polar surface area (TPSA) is 35.5 Å². The Kier molecular flexibility index (Phi) is 6.58. The summed E-state index contributed by atoms with van der Waals surface area (Å²) in [5, 5.41) is 0. The van der Waals surface area contributed by atoms with Gasteiger partial charge in [0.2, 0.25) is 5.78 Å². The summed E-state index contributed by atoms with van der Waals surface area (Å²) in [7, 11) is 0. The molecule has 4 rings (SSSR count). The lowest BCUT2D eigenvalue weighted by Crippen LogP contribution is -2.03. The molecule has 0 radical (unpaired) electrons. The van der Waals surface area contributed by atoms with E-state index in [0.29, 0.717) is 30.3 Å². The Morgan fingerprint density at radius 3 is 2.52 bits per heavy atom. The van der Waals surface area contributed by atoms with Gasteiger partial charge >= 0.3 is 0 Å². The van der Waals surface area contributed by atoms with Crippen molar-refractivity contribution < 1.29 is 14.3 Å². The van der Waals surface area contributed by atoms with E-state index in [1.54, 1.807) is 0 Å². The van der Waals surface area contributed by atoms with Crippen LogP contribution < -0.4 is 9.47 Å². The first-order valence-electron chi connectivity index (χ1n) is 10.3. The second-order valence-corrected chi connectivity index (χ2v) is 8.23. The highest BCUT2D eigenvalue weighted by atomic mass is 32.2. The maximum atomic E-state index is 12.8. The minimum Gasteiger partial charge on any atom is -0.490 e. The highest BCUT2D eigenvalue weighted by molar-refractivity contribution is 8.04. The minimum atomic E-state index is 0.0632. The van der Waals surface area contributed by atoms with Crippen molar-refractivity contribution in [2.24, 2.45) is 0 Å². The Balaban J connectivity index is 1.68. The molecular formula is C27H24O3S. The zero-order valence-electron chi connectivity index (χ0n) is 17.5. The van der Waals surface area contributed by atoms with E-state index in [4.69, 9.17) is 9.47 Å². The maximum absolute atomic E-state index is 12.8. The highest BCUT2D eigenvalue weighted by Crippen LogP contribution is 2.42. The monoisotopic (exact) mass is 428 g/mol. The van der Waals surface area contributed by atoms with Gasteiger partial charge in [0.15, 0.2) is 11.5 Å². The van der Waals surface area contributed by atoms with E-state index in [-0.39, 0.29) is 5.78 Å². The van der Waals surface area contributed by atoms with Crippen LogP contribution in [0, 0.1) is 0 Å². The average Bonchev–Trinajstić information content (AvgIpc) is 3.10. The number of benzene rings is 3. The third kappa shape index (κ3) is 4.75. The van der Waals surface area contributed by atoms with Crippen molar-refractivity contribution in [1.82, 2.24) is 0 Å². The fraction of sp³-hybridized carbons (Fsp3) is 0.148. The van der Waals surface area contributed by atoms with Crippen molar-refractivity contribution in [3.63, 3.8) is 0 Å². The molecule has 1 heterocycles. The van der Waals surface area contributed by atoms with Crippen LogP contribution >= 0.6 is 11.8 Å². The molecule has 3 nitrogen and oxygen atoms in total. The van der Waals surface area contributed by atoms with Gasteiger partial charge in [0.05, 0.1) is 11.5 Å². The molecule has 156 valence electrons. The summed E-state index contributed by atoms with van der Waals surface area (Å²) in [6.07, 6.45) is 4.42. The van der Waals surface area contributed by atoms with E-state index >= 15 is 0 Å². The number of ether oxygens (including phenoxy) is 2. The highest BCUT2D eigenvalue weighted by Gasteiger charge is 2.25. The molecule has 0 saturated heterocycles. The number of thioether (sulfide) groups is 1. The maximum Gasteiger partial charge on any atom is 0.200 e. The number of allylic oxidation sites excluding steroid dienone is 2. The Hall–Kier alpha value is -3.24. The molecule has 1 aliphatic heterocycles.